The van der Waals surface area contributed by atoms with Gasteiger partial charge in [-0.1, -0.05) is 76.1 Å². The lowest BCUT2D eigenvalue weighted by molar-refractivity contribution is -0.140. The zero-order chi connectivity index (χ0) is 31.7. The first-order chi connectivity index (χ1) is 21.1. The van der Waals surface area contributed by atoms with Gasteiger partial charge in [0.2, 0.25) is 11.8 Å². The number of anilines is 1. The zero-order valence-electron chi connectivity index (χ0n) is 24.9. The molecule has 1 atom stereocenters. The van der Waals surface area contributed by atoms with Crippen LogP contribution in [0.5, 0.6) is 5.75 Å². The molecule has 4 rings (SSSR count). The molecule has 1 unspecified atom stereocenters. The molecule has 0 saturated heterocycles. The van der Waals surface area contributed by atoms with Crippen LogP contribution in [0.15, 0.2) is 112 Å². The second kappa shape index (κ2) is 15.0. The monoisotopic (exact) mass is 677 g/mol. The molecule has 0 aliphatic heterocycles. The molecule has 230 valence electrons. The van der Waals surface area contributed by atoms with Crippen molar-refractivity contribution in [1.82, 2.24) is 10.2 Å². The average Bonchev–Trinajstić information content (AvgIpc) is 3.03. The molecular formula is C34H36BrN3O5S. The number of rotatable bonds is 13. The fourth-order valence-corrected chi connectivity index (χ4v) is 6.43. The Morgan fingerprint density at radius 3 is 2.09 bits per heavy atom. The Hall–Kier alpha value is -4.15. The maximum Gasteiger partial charge on any atom is 0.264 e. The number of sulfonamides is 1. The molecule has 1 N–H and O–H groups in total. The van der Waals surface area contributed by atoms with Crippen molar-refractivity contribution in [2.24, 2.45) is 0 Å². The Morgan fingerprint density at radius 2 is 1.50 bits per heavy atom. The van der Waals surface area contributed by atoms with Crippen LogP contribution in [0.4, 0.5) is 5.69 Å². The summed E-state index contributed by atoms with van der Waals surface area (Å²) in [5, 5.41) is 2.87. The van der Waals surface area contributed by atoms with Gasteiger partial charge in [0.1, 0.15) is 18.3 Å². The molecule has 8 nitrogen and oxygen atoms in total. The van der Waals surface area contributed by atoms with Crippen LogP contribution >= 0.6 is 15.9 Å². The van der Waals surface area contributed by atoms with Crippen molar-refractivity contribution in [3.8, 4) is 5.75 Å². The highest BCUT2D eigenvalue weighted by Gasteiger charge is 2.34. The summed E-state index contributed by atoms with van der Waals surface area (Å²) in [6.07, 6.45) is 0.255. The molecular weight excluding hydrogens is 642 g/mol. The third-order valence-electron chi connectivity index (χ3n) is 7.14. The van der Waals surface area contributed by atoms with Gasteiger partial charge in [-0.2, -0.15) is 0 Å². The van der Waals surface area contributed by atoms with Gasteiger partial charge in [-0.15, -0.1) is 0 Å². The lowest BCUT2D eigenvalue weighted by Crippen LogP contribution is -2.53. The molecule has 0 aliphatic rings. The maximum atomic E-state index is 14.4. The highest BCUT2D eigenvalue weighted by Crippen LogP contribution is 2.27. The van der Waals surface area contributed by atoms with E-state index in [1.807, 2.05) is 68.4 Å². The standard InChI is InChI=1S/C34H36BrN3O5S/c1-4-36-34(40)32(22-26-8-6-5-7-9-26)37(23-27-12-14-28(35)15-13-27)33(39)24-38(29-16-10-25(2)11-17-29)44(41,42)31-20-18-30(43-3)19-21-31/h5-21,32H,4,22-24H2,1-3H3,(H,36,40). The Labute approximate surface area is 267 Å². The maximum absolute atomic E-state index is 14.4. The molecule has 0 spiro atoms. The largest absolute Gasteiger partial charge is 0.497 e. The van der Waals surface area contributed by atoms with Crippen LogP contribution in [0.2, 0.25) is 0 Å². The normalized spacial score (nSPS) is 11.8. The predicted octanol–water partition coefficient (Wildman–Crippen LogP) is 5.74. The van der Waals surface area contributed by atoms with Gasteiger partial charge >= 0.3 is 0 Å². The number of hydrogen-bond acceptors (Lipinski definition) is 5. The van der Waals surface area contributed by atoms with Gasteiger partial charge in [-0.25, -0.2) is 8.42 Å². The highest BCUT2D eigenvalue weighted by atomic mass is 79.9. The minimum Gasteiger partial charge on any atom is -0.497 e. The van der Waals surface area contributed by atoms with E-state index < -0.39 is 28.5 Å². The molecule has 0 radical (unpaired) electrons. The SMILES string of the molecule is CCNC(=O)C(Cc1ccccc1)N(Cc1ccc(Br)cc1)C(=O)CN(c1ccc(C)cc1)S(=O)(=O)c1ccc(OC)cc1. The smallest absolute Gasteiger partial charge is 0.264 e. The third-order valence-corrected chi connectivity index (χ3v) is 9.45. The number of amides is 2. The topological polar surface area (TPSA) is 96.0 Å². The van der Waals surface area contributed by atoms with E-state index in [1.165, 1.54) is 24.1 Å². The van der Waals surface area contributed by atoms with Gasteiger partial charge in [-0.05, 0) is 73.5 Å². The Morgan fingerprint density at radius 1 is 0.864 bits per heavy atom. The number of ether oxygens (including phenoxy) is 1. The number of carbonyl (C=O) groups is 2. The van der Waals surface area contributed by atoms with E-state index in [-0.39, 0.29) is 23.8 Å². The van der Waals surface area contributed by atoms with Crippen LogP contribution in [-0.4, -0.2) is 51.4 Å². The van der Waals surface area contributed by atoms with Gasteiger partial charge in [0.05, 0.1) is 17.7 Å². The van der Waals surface area contributed by atoms with E-state index in [9.17, 15) is 18.0 Å². The van der Waals surface area contributed by atoms with Crippen LogP contribution < -0.4 is 14.4 Å². The molecule has 0 fully saturated rings. The number of hydrogen-bond donors (Lipinski definition) is 1. The lowest BCUT2D eigenvalue weighted by Gasteiger charge is -2.34. The number of benzene rings is 4. The summed E-state index contributed by atoms with van der Waals surface area (Å²) in [5.74, 6) is -0.326. The number of likely N-dealkylation sites (N-methyl/N-ethyl adjacent to an activating group) is 1. The number of aryl methyl sites for hydroxylation is 1. The van der Waals surface area contributed by atoms with Crippen LogP contribution in [0.25, 0.3) is 0 Å². The number of halogens is 1. The van der Waals surface area contributed by atoms with Crippen molar-refractivity contribution in [1.29, 1.82) is 0 Å². The van der Waals surface area contributed by atoms with Gasteiger partial charge in [0.15, 0.2) is 0 Å². The zero-order valence-corrected chi connectivity index (χ0v) is 27.3. The van der Waals surface area contributed by atoms with E-state index in [2.05, 4.69) is 21.2 Å². The minimum atomic E-state index is -4.19. The van der Waals surface area contributed by atoms with E-state index in [1.54, 1.807) is 36.4 Å². The van der Waals surface area contributed by atoms with Gasteiger partial charge in [0, 0.05) is 24.0 Å². The fourth-order valence-electron chi connectivity index (χ4n) is 4.75. The van der Waals surface area contributed by atoms with Crippen LogP contribution in [0.1, 0.15) is 23.6 Å². The second-order valence-corrected chi connectivity index (χ2v) is 13.0. The van der Waals surface area contributed by atoms with Crippen molar-refractivity contribution >= 4 is 43.5 Å². The van der Waals surface area contributed by atoms with E-state index >= 15 is 0 Å². The van der Waals surface area contributed by atoms with Crippen LogP contribution in [-0.2, 0) is 32.6 Å². The number of nitrogens with zero attached hydrogens (tertiary/aromatic N) is 2. The first kappa shape index (κ1) is 32.8. The third kappa shape index (κ3) is 8.27. The van der Waals surface area contributed by atoms with E-state index in [0.29, 0.717) is 18.0 Å². The Balaban J connectivity index is 1.78. The first-order valence-electron chi connectivity index (χ1n) is 14.2. The Kier molecular flexibility index (Phi) is 11.2. The summed E-state index contributed by atoms with van der Waals surface area (Å²) in [7, 11) is -2.69. The van der Waals surface area contributed by atoms with Gasteiger partial charge in [0.25, 0.3) is 10.0 Å². The molecule has 2 amide bonds. The fraction of sp³-hybridized carbons (Fsp3) is 0.235. The summed E-state index contributed by atoms with van der Waals surface area (Å²) in [5.41, 5.74) is 2.95. The van der Waals surface area contributed by atoms with Gasteiger partial charge in [-0.3, -0.25) is 13.9 Å². The molecule has 4 aromatic carbocycles. The molecule has 0 saturated carbocycles. The molecule has 44 heavy (non-hydrogen) atoms. The number of carbonyl (C=O) groups excluding carboxylic acids is 2. The van der Waals surface area contributed by atoms with Crippen LogP contribution in [0.3, 0.4) is 0 Å². The van der Waals surface area contributed by atoms with Crippen LogP contribution in [0, 0.1) is 6.92 Å². The quantitative estimate of drug-likeness (QED) is 0.195. The van der Waals surface area contributed by atoms with Crippen molar-refractivity contribution in [2.75, 3.05) is 24.5 Å². The summed E-state index contributed by atoms with van der Waals surface area (Å²) in [6.45, 7) is 3.69. The minimum absolute atomic E-state index is 0.00990. The van der Waals surface area contributed by atoms with Crippen molar-refractivity contribution in [3.63, 3.8) is 0 Å². The Bertz CT molecular complexity index is 1650. The molecule has 0 heterocycles. The summed E-state index contributed by atoms with van der Waals surface area (Å²) >= 11 is 3.45. The van der Waals surface area contributed by atoms with Crippen molar-refractivity contribution in [3.05, 3.63) is 124 Å². The first-order valence-corrected chi connectivity index (χ1v) is 16.4. The lowest BCUT2D eigenvalue weighted by atomic mass is 10.0. The molecule has 0 bridgehead atoms. The summed E-state index contributed by atoms with van der Waals surface area (Å²) in [4.78, 5) is 29.4. The van der Waals surface area contributed by atoms with Gasteiger partial charge < -0.3 is 15.0 Å². The predicted molar refractivity (Wildman–Crippen MR) is 176 cm³/mol. The number of nitrogens with one attached hydrogen (secondary N) is 1. The average molecular weight is 679 g/mol. The second-order valence-electron chi connectivity index (χ2n) is 10.3. The summed E-state index contributed by atoms with van der Waals surface area (Å²) in [6, 6.07) is 29.0. The van der Waals surface area contributed by atoms with Crippen molar-refractivity contribution < 1.29 is 22.7 Å². The van der Waals surface area contributed by atoms with E-state index in [0.717, 1.165) is 25.5 Å². The molecule has 0 aliphatic carbocycles. The molecule has 0 aromatic heterocycles. The van der Waals surface area contributed by atoms with Crippen molar-refractivity contribution in [2.45, 2.75) is 37.8 Å². The molecule has 4 aromatic rings. The van der Waals surface area contributed by atoms with E-state index in [4.69, 9.17) is 4.74 Å². The summed E-state index contributed by atoms with van der Waals surface area (Å²) < 4.78 is 35.4. The number of methoxy groups -OCH3 is 1. The highest BCUT2D eigenvalue weighted by molar-refractivity contribution is 9.10. The molecule has 10 heteroatoms.